The van der Waals surface area contributed by atoms with Gasteiger partial charge in [-0.1, -0.05) is 24.8 Å². The Bertz CT molecular complexity index is 1500. The fourth-order valence-corrected chi connectivity index (χ4v) is 6.84. The summed E-state index contributed by atoms with van der Waals surface area (Å²) in [5, 5.41) is 7.44. The lowest BCUT2D eigenvalue weighted by atomic mass is 10.1. The van der Waals surface area contributed by atoms with Gasteiger partial charge >= 0.3 is 0 Å². The number of anilines is 2. The minimum absolute atomic E-state index is 0.676. The zero-order valence-electron chi connectivity index (χ0n) is 23.9. The SMILES string of the molecule is C=C(Nc1ccc(-c2cc3c(N4CCCCC4)ncnc3[nH]2)cc1)c1cc(CN2CCCC(S/C=C/C)C2)ccn1. The second-order valence-electron chi connectivity index (χ2n) is 11.0. The highest BCUT2D eigenvalue weighted by Crippen LogP contribution is 2.31. The van der Waals surface area contributed by atoms with Gasteiger partial charge in [-0.3, -0.25) is 9.88 Å². The number of piperidine rings is 2. The van der Waals surface area contributed by atoms with Gasteiger partial charge < -0.3 is 15.2 Å². The van der Waals surface area contributed by atoms with Crippen LogP contribution in [0.4, 0.5) is 11.5 Å². The highest BCUT2D eigenvalue weighted by atomic mass is 32.2. The molecule has 3 aromatic heterocycles. The van der Waals surface area contributed by atoms with E-state index in [2.05, 4.69) is 103 Å². The molecule has 7 nitrogen and oxygen atoms in total. The van der Waals surface area contributed by atoms with E-state index in [4.69, 9.17) is 0 Å². The van der Waals surface area contributed by atoms with Gasteiger partial charge in [-0.2, -0.15) is 0 Å². The van der Waals surface area contributed by atoms with Gasteiger partial charge in [-0.05, 0) is 92.4 Å². The van der Waals surface area contributed by atoms with E-state index >= 15 is 0 Å². The lowest BCUT2D eigenvalue weighted by Crippen LogP contribution is -2.36. The first-order chi connectivity index (χ1) is 20.2. The summed E-state index contributed by atoms with van der Waals surface area (Å²) in [5.41, 5.74) is 6.97. The Morgan fingerprint density at radius 1 is 1.05 bits per heavy atom. The fourth-order valence-electron chi connectivity index (χ4n) is 5.86. The number of allylic oxidation sites excluding steroid dienone is 1. The summed E-state index contributed by atoms with van der Waals surface area (Å²) < 4.78 is 0. The van der Waals surface area contributed by atoms with Gasteiger partial charge in [0.1, 0.15) is 17.8 Å². The molecule has 0 saturated carbocycles. The van der Waals surface area contributed by atoms with Crippen LogP contribution in [0.1, 0.15) is 50.3 Å². The van der Waals surface area contributed by atoms with Crippen LogP contribution in [0.15, 0.2) is 73.1 Å². The quantitative estimate of drug-likeness (QED) is 0.220. The van der Waals surface area contributed by atoms with Crippen molar-refractivity contribution in [2.24, 2.45) is 0 Å². The molecule has 0 spiro atoms. The van der Waals surface area contributed by atoms with Crippen molar-refractivity contribution >= 4 is 40.0 Å². The monoisotopic (exact) mass is 565 g/mol. The molecule has 0 bridgehead atoms. The van der Waals surface area contributed by atoms with E-state index in [1.165, 1.54) is 37.7 Å². The molecule has 6 rings (SSSR count). The Morgan fingerprint density at radius 2 is 1.90 bits per heavy atom. The first-order valence-corrected chi connectivity index (χ1v) is 15.7. The van der Waals surface area contributed by atoms with E-state index in [-0.39, 0.29) is 0 Å². The summed E-state index contributed by atoms with van der Waals surface area (Å²) in [4.78, 5) is 22.2. The number of benzene rings is 1. The lowest BCUT2D eigenvalue weighted by Gasteiger charge is -2.31. The normalized spacial score (nSPS) is 18.3. The second-order valence-corrected chi connectivity index (χ2v) is 12.2. The highest BCUT2D eigenvalue weighted by molar-refractivity contribution is 8.02. The molecule has 212 valence electrons. The molecular formula is C33H39N7S. The van der Waals surface area contributed by atoms with E-state index < -0.39 is 0 Å². The van der Waals surface area contributed by atoms with Crippen molar-refractivity contribution in [2.75, 3.05) is 36.4 Å². The molecule has 8 heteroatoms. The van der Waals surface area contributed by atoms with Crippen LogP contribution in [-0.2, 0) is 6.54 Å². The molecule has 1 atom stereocenters. The maximum absolute atomic E-state index is 4.63. The Kier molecular flexibility index (Phi) is 8.68. The van der Waals surface area contributed by atoms with E-state index in [0.29, 0.717) is 5.25 Å². The minimum Gasteiger partial charge on any atom is -0.356 e. The van der Waals surface area contributed by atoms with E-state index in [1.807, 2.05) is 18.0 Å². The van der Waals surface area contributed by atoms with Gasteiger partial charge in [0, 0.05) is 49.0 Å². The van der Waals surface area contributed by atoms with Crippen molar-refractivity contribution in [2.45, 2.75) is 50.8 Å². The number of fused-ring (bicyclic) bond motifs is 1. The first-order valence-electron chi connectivity index (χ1n) is 14.8. The number of nitrogens with one attached hydrogen (secondary N) is 2. The number of H-pyrrole nitrogens is 1. The van der Waals surface area contributed by atoms with E-state index in [1.54, 1.807) is 6.33 Å². The van der Waals surface area contributed by atoms with Gasteiger partial charge in [0.25, 0.3) is 0 Å². The number of aromatic nitrogens is 4. The topological polar surface area (TPSA) is 73.0 Å². The number of aromatic amines is 1. The molecule has 2 saturated heterocycles. The summed E-state index contributed by atoms with van der Waals surface area (Å²) in [6, 6.07) is 14.9. The molecule has 1 aromatic carbocycles. The number of hydrogen-bond acceptors (Lipinski definition) is 7. The molecule has 1 unspecified atom stereocenters. The molecule has 2 N–H and O–H groups in total. The third kappa shape index (κ3) is 6.66. The maximum Gasteiger partial charge on any atom is 0.143 e. The predicted molar refractivity (Wildman–Crippen MR) is 173 cm³/mol. The summed E-state index contributed by atoms with van der Waals surface area (Å²) >= 11 is 1.96. The molecule has 2 aliphatic rings. The molecule has 4 aromatic rings. The third-order valence-electron chi connectivity index (χ3n) is 7.96. The Morgan fingerprint density at radius 3 is 2.73 bits per heavy atom. The first kappa shape index (κ1) is 27.5. The number of nitrogens with zero attached hydrogens (tertiary/aromatic N) is 5. The summed E-state index contributed by atoms with van der Waals surface area (Å²) in [6.45, 7) is 11.7. The molecule has 0 aliphatic carbocycles. The Hall–Kier alpha value is -3.62. The van der Waals surface area contributed by atoms with Crippen LogP contribution in [0.3, 0.4) is 0 Å². The van der Waals surface area contributed by atoms with Crippen molar-refractivity contribution < 1.29 is 0 Å². The Labute approximate surface area is 247 Å². The number of pyridine rings is 1. The van der Waals surface area contributed by atoms with Gasteiger partial charge in [-0.25, -0.2) is 9.97 Å². The summed E-state index contributed by atoms with van der Waals surface area (Å²) in [5.74, 6) is 1.04. The summed E-state index contributed by atoms with van der Waals surface area (Å²) in [6.07, 6.45) is 12.0. The highest BCUT2D eigenvalue weighted by Gasteiger charge is 2.20. The van der Waals surface area contributed by atoms with Gasteiger partial charge in [0.15, 0.2) is 0 Å². The average Bonchev–Trinajstić information content (AvgIpc) is 3.46. The van der Waals surface area contributed by atoms with Crippen molar-refractivity contribution in [3.63, 3.8) is 0 Å². The molecular weight excluding hydrogens is 526 g/mol. The standard InChI is InChI=1S/C33H39N7S/c1-3-18-41-28-8-7-15-39(22-28)21-25-13-14-34-30(19-25)24(2)37-27-11-9-26(10-12-27)31-20-29-32(38-31)35-23-36-33(29)40-16-5-4-6-17-40/h3,9-14,18-20,23,28,37H,2,4-8,15-17,21-22H2,1H3,(H,35,36,38)/b18-3+. The average molecular weight is 566 g/mol. The zero-order chi connectivity index (χ0) is 28.0. The van der Waals surface area contributed by atoms with Crippen molar-refractivity contribution in [1.29, 1.82) is 0 Å². The number of rotatable bonds is 9. The summed E-state index contributed by atoms with van der Waals surface area (Å²) in [7, 11) is 0. The lowest BCUT2D eigenvalue weighted by molar-refractivity contribution is 0.226. The van der Waals surface area contributed by atoms with Crippen LogP contribution in [0.2, 0.25) is 0 Å². The smallest absolute Gasteiger partial charge is 0.143 e. The molecule has 0 radical (unpaired) electrons. The fraction of sp³-hybridized carbons (Fsp3) is 0.364. The molecule has 2 aliphatic heterocycles. The molecule has 41 heavy (non-hydrogen) atoms. The van der Waals surface area contributed by atoms with Crippen LogP contribution in [0.5, 0.6) is 0 Å². The Balaban J connectivity index is 1.10. The second kappa shape index (κ2) is 12.9. The van der Waals surface area contributed by atoms with Crippen LogP contribution in [0, 0.1) is 0 Å². The maximum atomic E-state index is 4.63. The largest absolute Gasteiger partial charge is 0.356 e. The van der Waals surface area contributed by atoms with Crippen molar-refractivity contribution in [3.05, 3.63) is 84.3 Å². The molecule has 0 amide bonds. The van der Waals surface area contributed by atoms with Crippen LogP contribution >= 0.6 is 11.8 Å². The van der Waals surface area contributed by atoms with Gasteiger partial charge in [0.05, 0.1) is 16.8 Å². The van der Waals surface area contributed by atoms with E-state index in [0.717, 1.165) is 77.9 Å². The number of hydrogen-bond donors (Lipinski definition) is 2. The van der Waals surface area contributed by atoms with Crippen molar-refractivity contribution in [1.82, 2.24) is 24.8 Å². The molecule has 5 heterocycles. The van der Waals surface area contributed by atoms with Crippen LogP contribution in [-0.4, -0.2) is 56.3 Å². The van der Waals surface area contributed by atoms with Gasteiger partial charge in [0.2, 0.25) is 0 Å². The van der Waals surface area contributed by atoms with E-state index in [9.17, 15) is 0 Å². The molecule has 2 fully saturated rings. The zero-order valence-corrected chi connectivity index (χ0v) is 24.7. The predicted octanol–water partition coefficient (Wildman–Crippen LogP) is 7.32. The van der Waals surface area contributed by atoms with Gasteiger partial charge in [-0.15, -0.1) is 11.8 Å². The number of likely N-dealkylation sites (tertiary alicyclic amines) is 1. The minimum atomic E-state index is 0.676. The van der Waals surface area contributed by atoms with Crippen LogP contribution in [0.25, 0.3) is 28.0 Å². The third-order valence-corrected chi connectivity index (χ3v) is 9.16. The van der Waals surface area contributed by atoms with Crippen LogP contribution < -0.4 is 10.2 Å². The van der Waals surface area contributed by atoms with Crippen molar-refractivity contribution in [3.8, 4) is 11.3 Å². The number of thioether (sulfide) groups is 1.